The van der Waals surface area contributed by atoms with Crippen molar-refractivity contribution in [3.05, 3.63) is 48.1 Å². The number of halogens is 2. The van der Waals surface area contributed by atoms with Crippen LogP contribution in [0, 0.1) is 11.6 Å². The van der Waals surface area contributed by atoms with Crippen molar-refractivity contribution in [3.8, 4) is 0 Å². The van der Waals surface area contributed by atoms with Gasteiger partial charge in [-0.25, -0.2) is 8.78 Å². The molecule has 2 amide bonds. The summed E-state index contributed by atoms with van der Waals surface area (Å²) in [6.07, 6.45) is 1.50. The smallest absolute Gasteiger partial charge is 0.255 e. The summed E-state index contributed by atoms with van der Waals surface area (Å²) in [6, 6.07) is 2.19. The molecule has 0 heterocycles. The fourth-order valence-corrected chi connectivity index (χ4v) is 1.33. The van der Waals surface area contributed by atoms with Crippen LogP contribution >= 0.6 is 0 Å². The number of nitrogens with two attached hydrogens (primary N) is 1. The van der Waals surface area contributed by atoms with Gasteiger partial charge in [0.1, 0.15) is 6.04 Å². The molecule has 6 heteroatoms. The van der Waals surface area contributed by atoms with Gasteiger partial charge in [0.25, 0.3) is 5.91 Å². The van der Waals surface area contributed by atoms with E-state index in [1.165, 1.54) is 12.1 Å². The molecular weight excluding hydrogens is 242 g/mol. The Morgan fingerprint density at radius 3 is 2.67 bits per heavy atom. The van der Waals surface area contributed by atoms with Gasteiger partial charge < -0.3 is 11.1 Å². The number of hydrogen-bond acceptors (Lipinski definition) is 2. The van der Waals surface area contributed by atoms with Crippen molar-refractivity contribution in [1.82, 2.24) is 5.32 Å². The molecule has 1 aromatic rings. The number of carbonyl (C=O) groups is 2. The summed E-state index contributed by atoms with van der Waals surface area (Å²) in [7, 11) is 0. The highest BCUT2D eigenvalue weighted by atomic mass is 19.2. The van der Waals surface area contributed by atoms with E-state index in [4.69, 9.17) is 5.73 Å². The number of nitrogens with one attached hydrogen (secondary N) is 1. The zero-order valence-corrected chi connectivity index (χ0v) is 9.45. The van der Waals surface area contributed by atoms with Crippen LogP contribution in [0.5, 0.6) is 0 Å². The summed E-state index contributed by atoms with van der Waals surface area (Å²) < 4.78 is 26.2. The van der Waals surface area contributed by atoms with Crippen LogP contribution < -0.4 is 11.1 Å². The Morgan fingerprint density at radius 2 is 2.11 bits per heavy atom. The van der Waals surface area contributed by atoms with Gasteiger partial charge in [0, 0.05) is 0 Å². The topological polar surface area (TPSA) is 72.2 Å². The molecule has 1 rings (SSSR count). The minimum atomic E-state index is -1.27. The molecule has 0 fully saturated rings. The van der Waals surface area contributed by atoms with Crippen LogP contribution in [0.2, 0.25) is 0 Å². The van der Waals surface area contributed by atoms with Crippen LogP contribution in [0.3, 0.4) is 0 Å². The van der Waals surface area contributed by atoms with E-state index in [2.05, 4.69) is 11.9 Å². The lowest BCUT2D eigenvalue weighted by Gasteiger charge is -2.13. The normalized spacial score (nSPS) is 11.7. The number of hydrogen-bond donors (Lipinski definition) is 2. The second-order valence-electron chi connectivity index (χ2n) is 3.55. The monoisotopic (exact) mass is 254 g/mol. The first-order valence-electron chi connectivity index (χ1n) is 5.12. The van der Waals surface area contributed by atoms with Crippen molar-refractivity contribution in [3.63, 3.8) is 0 Å². The van der Waals surface area contributed by atoms with Gasteiger partial charge in [-0.1, -0.05) is 12.1 Å². The minimum Gasteiger partial charge on any atom is -0.368 e. The molecule has 0 aliphatic rings. The molecule has 0 aliphatic heterocycles. The van der Waals surface area contributed by atoms with Gasteiger partial charge in [0.05, 0.1) is 5.56 Å². The molecule has 18 heavy (non-hydrogen) atoms. The Hall–Kier alpha value is -2.24. The molecule has 0 unspecified atom stereocenters. The summed E-state index contributed by atoms with van der Waals surface area (Å²) in [6.45, 7) is 3.40. The molecule has 0 spiro atoms. The molecule has 96 valence electrons. The minimum absolute atomic E-state index is 0.109. The van der Waals surface area contributed by atoms with E-state index in [0.717, 1.165) is 12.1 Å². The molecule has 0 aliphatic carbocycles. The lowest BCUT2D eigenvalue weighted by atomic mass is 10.1. The average molecular weight is 254 g/mol. The third-order valence-electron chi connectivity index (χ3n) is 2.25. The summed E-state index contributed by atoms with van der Waals surface area (Å²) in [5.41, 5.74) is 4.57. The first-order chi connectivity index (χ1) is 8.47. The van der Waals surface area contributed by atoms with E-state index in [-0.39, 0.29) is 6.42 Å². The molecule has 0 saturated heterocycles. The Kier molecular flexibility index (Phi) is 4.53. The highest BCUT2D eigenvalue weighted by molar-refractivity contribution is 5.97. The Morgan fingerprint density at radius 1 is 1.44 bits per heavy atom. The first kappa shape index (κ1) is 13.8. The molecular formula is C12H12F2N2O2. The van der Waals surface area contributed by atoms with E-state index < -0.39 is 35.1 Å². The number of primary amides is 1. The number of amides is 2. The van der Waals surface area contributed by atoms with Crippen LogP contribution in [0.15, 0.2) is 30.9 Å². The number of benzene rings is 1. The summed E-state index contributed by atoms with van der Waals surface area (Å²) in [5, 5.41) is 2.21. The van der Waals surface area contributed by atoms with Crippen molar-refractivity contribution >= 4 is 11.8 Å². The van der Waals surface area contributed by atoms with Crippen molar-refractivity contribution in [2.45, 2.75) is 12.5 Å². The molecule has 1 atom stereocenters. The average Bonchev–Trinajstić information content (AvgIpc) is 2.31. The van der Waals surface area contributed by atoms with Gasteiger partial charge in [0.2, 0.25) is 5.91 Å². The van der Waals surface area contributed by atoms with Gasteiger partial charge in [0.15, 0.2) is 11.6 Å². The predicted molar refractivity (Wildman–Crippen MR) is 61.6 cm³/mol. The van der Waals surface area contributed by atoms with Gasteiger partial charge in [-0.3, -0.25) is 9.59 Å². The molecule has 0 saturated carbocycles. The Labute approximate surface area is 102 Å². The van der Waals surface area contributed by atoms with Crippen molar-refractivity contribution in [2.75, 3.05) is 0 Å². The maximum Gasteiger partial charge on any atom is 0.255 e. The van der Waals surface area contributed by atoms with Crippen molar-refractivity contribution in [1.29, 1.82) is 0 Å². The zero-order chi connectivity index (χ0) is 13.7. The summed E-state index contributed by atoms with van der Waals surface area (Å²) in [4.78, 5) is 22.6. The quantitative estimate of drug-likeness (QED) is 0.773. The van der Waals surface area contributed by atoms with Crippen LogP contribution in [0.4, 0.5) is 8.78 Å². The van der Waals surface area contributed by atoms with Gasteiger partial charge in [-0.05, 0) is 18.6 Å². The first-order valence-corrected chi connectivity index (χ1v) is 5.12. The van der Waals surface area contributed by atoms with Crippen molar-refractivity contribution in [2.24, 2.45) is 5.73 Å². The Balaban J connectivity index is 2.90. The van der Waals surface area contributed by atoms with Crippen LogP contribution in [0.1, 0.15) is 16.8 Å². The van der Waals surface area contributed by atoms with Gasteiger partial charge in [-0.2, -0.15) is 0 Å². The zero-order valence-electron chi connectivity index (χ0n) is 9.45. The van der Waals surface area contributed by atoms with Crippen LogP contribution in [0.25, 0.3) is 0 Å². The third kappa shape index (κ3) is 3.13. The maximum atomic E-state index is 13.3. The maximum absolute atomic E-state index is 13.3. The highest BCUT2D eigenvalue weighted by Gasteiger charge is 2.20. The van der Waals surface area contributed by atoms with E-state index in [1.54, 1.807) is 0 Å². The van der Waals surface area contributed by atoms with Gasteiger partial charge >= 0.3 is 0 Å². The second-order valence-corrected chi connectivity index (χ2v) is 3.55. The molecule has 1 aromatic carbocycles. The number of carbonyl (C=O) groups excluding carboxylic acids is 2. The lowest BCUT2D eigenvalue weighted by Crippen LogP contribution is -2.44. The highest BCUT2D eigenvalue weighted by Crippen LogP contribution is 2.11. The predicted octanol–water partition coefficient (Wildman–Crippen LogP) is 1.12. The van der Waals surface area contributed by atoms with E-state index in [0.29, 0.717) is 0 Å². The third-order valence-corrected chi connectivity index (χ3v) is 2.25. The fourth-order valence-electron chi connectivity index (χ4n) is 1.33. The van der Waals surface area contributed by atoms with E-state index in [1.807, 2.05) is 0 Å². The largest absolute Gasteiger partial charge is 0.368 e. The molecule has 3 N–H and O–H groups in total. The summed E-state index contributed by atoms with van der Waals surface area (Å²) >= 11 is 0. The Bertz CT molecular complexity index is 489. The fraction of sp³-hybridized carbons (Fsp3) is 0.167. The van der Waals surface area contributed by atoms with E-state index >= 15 is 0 Å². The van der Waals surface area contributed by atoms with Crippen molar-refractivity contribution < 1.29 is 18.4 Å². The van der Waals surface area contributed by atoms with Gasteiger partial charge in [-0.15, -0.1) is 6.58 Å². The molecule has 0 bridgehead atoms. The number of rotatable bonds is 5. The van der Waals surface area contributed by atoms with Crippen LogP contribution in [-0.2, 0) is 4.79 Å². The molecule has 0 aromatic heterocycles. The van der Waals surface area contributed by atoms with Crippen LogP contribution in [-0.4, -0.2) is 17.9 Å². The standard InChI is InChI=1S/C12H12F2N2O2/c1-2-4-9(11(15)17)16-12(18)7-5-3-6-8(13)10(7)14/h2-3,5-6,9H,1,4H2,(H2,15,17)(H,16,18)/t9-/m0/s1. The SMILES string of the molecule is C=CC[C@H](NC(=O)c1cccc(F)c1F)C(N)=O. The molecule has 4 nitrogen and oxygen atoms in total. The second kappa shape index (κ2) is 5.90. The lowest BCUT2D eigenvalue weighted by molar-refractivity contribution is -0.119. The summed E-state index contributed by atoms with van der Waals surface area (Å²) in [5.74, 6) is -4.09. The molecule has 0 radical (unpaired) electrons. The van der Waals surface area contributed by atoms with E-state index in [9.17, 15) is 18.4 Å².